The molecular formula is C6H13NO. The van der Waals surface area contributed by atoms with E-state index < -0.39 is 0 Å². The van der Waals surface area contributed by atoms with Crippen molar-refractivity contribution in [2.75, 3.05) is 13.7 Å². The molecule has 2 heteroatoms. The second kappa shape index (κ2) is 2.46. The largest absolute Gasteiger partial charge is 0.380 e. The maximum Gasteiger partial charge on any atom is 0.0721 e. The molecule has 0 bridgehead atoms. The van der Waals surface area contributed by atoms with E-state index in [0.29, 0.717) is 12.6 Å². The van der Waals surface area contributed by atoms with Gasteiger partial charge in [-0.25, -0.2) is 0 Å². The van der Waals surface area contributed by atoms with Crippen LogP contribution >= 0.6 is 0 Å². The minimum atomic E-state index is 0.343. The molecule has 0 saturated heterocycles. The van der Waals surface area contributed by atoms with Crippen LogP contribution in [0.25, 0.3) is 0 Å². The summed E-state index contributed by atoms with van der Waals surface area (Å²) in [6.07, 6.45) is 2.97. The van der Waals surface area contributed by atoms with E-state index in [1.807, 2.05) is 0 Å². The van der Waals surface area contributed by atoms with Crippen LogP contribution in [0, 0.1) is 5.92 Å². The standard InChI is InChI=1S/C6H13NO/c1-8-6(4-7)5-2-3-5/h5-6H,2-4,7H2,1H3. The minimum absolute atomic E-state index is 0.343. The van der Waals surface area contributed by atoms with Crippen LogP contribution < -0.4 is 5.73 Å². The molecule has 1 aliphatic rings. The smallest absolute Gasteiger partial charge is 0.0721 e. The molecule has 1 aliphatic carbocycles. The van der Waals surface area contributed by atoms with Crippen molar-refractivity contribution in [1.82, 2.24) is 0 Å². The van der Waals surface area contributed by atoms with Gasteiger partial charge in [0.15, 0.2) is 0 Å². The summed E-state index contributed by atoms with van der Waals surface area (Å²) < 4.78 is 5.10. The van der Waals surface area contributed by atoms with Crippen LogP contribution in [0.1, 0.15) is 12.8 Å². The van der Waals surface area contributed by atoms with E-state index >= 15 is 0 Å². The Balaban J connectivity index is 2.15. The SMILES string of the molecule is COC(CN)C1CC1. The van der Waals surface area contributed by atoms with Gasteiger partial charge in [0, 0.05) is 13.7 Å². The van der Waals surface area contributed by atoms with Gasteiger partial charge >= 0.3 is 0 Å². The van der Waals surface area contributed by atoms with Gasteiger partial charge in [0.2, 0.25) is 0 Å². The lowest BCUT2D eigenvalue weighted by Gasteiger charge is -2.09. The molecule has 2 N–H and O–H groups in total. The highest BCUT2D eigenvalue weighted by atomic mass is 16.5. The fourth-order valence-electron chi connectivity index (χ4n) is 0.949. The number of ether oxygens (including phenoxy) is 1. The molecule has 0 aliphatic heterocycles. The molecule has 1 unspecified atom stereocenters. The maximum absolute atomic E-state index is 5.40. The molecule has 0 aromatic rings. The molecule has 0 heterocycles. The Morgan fingerprint density at radius 2 is 2.38 bits per heavy atom. The molecule has 1 atom stereocenters. The first-order valence-electron chi connectivity index (χ1n) is 3.11. The van der Waals surface area contributed by atoms with Gasteiger partial charge in [-0.15, -0.1) is 0 Å². The van der Waals surface area contributed by atoms with Crippen LogP contribution in [0.15, 0.2) is 0 Å². The molecule has 1 rings (SSSR count). The summed E-state index contributed by atoms with van der Waals surface area (Å²) in [6.45, 7) is 0.682. The summed E-state index contributed by atoms with van der Waals surface area (Å²) >= 11 is 0. The van der Waals surface area contributed by atoms with E-state index in [4.69, 9.17) is 10.5 Å². The minimum Gasteiger partial charge on any atom is -0.380 e. The molecule has 0 radical (unpaired) electrons. The molecule has 8 heavy (non-hydrogen) atoms. The van der Waals surface area contributed by atoms with E-state index in [1.165, 1.54) is 12.8 Å². The zero-order valence-electron chi connectivity index (χ0n) is 5.26. The van der Waals surface area contributed by atoms with Gasteiger partial charge < -0.3 is 10.5 Å². The van der Waals surface area contributed by atoms with Crippen molar-refractivity contribution in [2.24, 2.45) is 11.7 Å². The summed E-state index contributed by atoms with van der Waals surface area (Å²) in [4.78, 5) is 0. The normalized spacial score (nSPS) is 23.2. The second-order valence-corrected chi connectivity index (χ2v) is 2.35. The Hall–Kier alpha value is -0.0800. The molecule has 0 amide bonds. The van der Waals surface area contributed by atoms with Crippen LogP contribution in [0.2, 0.25) is 0 Å². The monoisotopic (exact) mass is 115 g/mol. The lowest BCUT2D eigenvalue weighted by atomic mass is 10.2. The maximum atomic E-state index is 5.40. The lowest BCUT2D eigenvalue weighted by molar-refractivity contribution is 0.0915. The topological polar surface area (TPSA) is 35.2 Å². The quantitative estimate of drug-likeness (QED) is 0.576. The van der Waals surface area contributed by atoms with Gasteiger partial charge in [-0.2, -0.15) is 0 Å². The van der Waals surface area contributed by atoms with Crippen molar-refractivity contribution in [3.63, 3.8) is 0 Å². The highest BCUT2D eigenvalue weighted by Gasteiger charge is 2.29. The summed E-state index contributed by atoms with van der Waals surface area (Å²) in [5, 5.41) is 0. The van der Waals surface area contributed by atoms with Gasteiger partial charge in [-0.05, 0) is 18.8 Å². The Labute approximate surface area is 50.0 Å². The van der Waals surface area contributed by atoms with E-state index in [2.05, 4.69) is 0 Å². The summed E-state index contributed by atoms with van der Waals surface area (Å²) in [5.74, 6) is 0.782. The third-order valence-electron chi connectivity index (χ3n) is 1.68. The molecule has 0 aromatic carbocycles. The van der Waals surface area contributed by atoms with Crippen LogP contribution in [-0.4, -0.2) is 19.8 Å². The van der Waals surface area contributed by atoms with Crippen molar-refractivity contribution < 1.29 is 4.74 Å². The highest BCUT2D eigenvalue weighted by Crippen LogP contribution is 2.33. The highest BCUT2D eigenvalue weighted by molar-refractivity contribution is 4.82. The zero-order valence-corrected chi connectivity index (χ0v) is 5.26. The van der Waals surface area contributed by atoms with Crippen LogP contribution in [0.4, 0.5) is 0 Å². The Morgan fingerprint density at radius 1 is 1.75 bits per heavy atom. The number of hydrogen-bond donors (Lipinski definition) is 1. The number of nitrogens with two attached hydrogens (primary N) is 1. The number of methoxy groups -OCH3 is 1. The molecule has 1 fully saturated rings. The van der Waals surface area contributed by atoms with Crippen LogP contribution in [0.5, 0.6) is 0 Å². The fourth-order valence-corrected chi connectivity index (χ4v) is 0.949. The lowest BCUT2D eigenvalue weighted by Crippen LogP contribution is -2.24. The Morgan fingerprint density at radius 3 is 2.50 bits per heavy atom. The van der Waals surface area contributed by atoms with Gasteiger partial charge in [0.05, 0.1) is 6.10 Å². The van der Waals surface area contributed by atoms with Crippen molar-refractivity contribution in [3.8, 4) is 0 Å². The molecule has 0 spiro atoms. The molecular weight excluding hydrogens is 102 g/mol. The van der Waals surface area contributed by atoms with Gasteiger partial charge in [0.1, 0.15) is 0 Å². The average Bonchev–Trinajstić information content (AvgIpc) is 2.53. The third kappa shape index (κ3) is 1.20. The van der Waals surface area contributed by atoms with E-state index in [0.717, 1.165) is 5.92 Å². The number of hydrogen-bond acceptors (Lipinski definition) is 2. The molecule has 1 saturated carbocycles. The Kier molecular flexibility index (Phi) is 1.86. The predicted molar refractivity (Wildman–Crippen MR) is 32.6 cm³/mol. The van der Waals surface area contributed by atoms with Crippen molar-refractivity contribution in [1.29, 1.82) is 0 Å². The molecule has 2 nitrogen and oxygen atoms in total. The average molecular weight is 115 g/mol. The van der Waals surface area contributed by atoms with Crippen molar-refractivity contribution >= 4 is 0 Å². The predicted octanol–water partition coefficient (Wildman–Crippen LogP) is 0.370. The van der Waals surface area contributed by atoms with Crippen LogP contribution in [0.3, 0.4) is 0 Å². The first kappa shape index (κ1) is 6.05. The van der Waals surface area contributed by atoms with Crippen molar-refractivity contribution in [2.45, 2.75) is 18.9 Å². The van der Waals surface area contributed by atoms with Gasteiger partial charge in [-0.3, -0.25) is 0 Å². The van der Waals surface area contributed by atoms with Gasteiger partial charge in [0.25, 0.3) is 0 Å². The third-order valence-corrected chi connectivity index (χ3v) is 1.68. The molecule has 48 valence electrons. The van der Waals surface area contributed by atoms with Crippen molar-refractivity contribution in [3.05, 3.63) is 0 Å². The van der Waals surface area contributed by atoms with E-state index in [-0.39, 0.29) is 0 Å². The summed E-state index contributed by atoms with van der Waals surface area (Å²) in [6, 6.07) is 0. The van der Waals surface area contributed by atoms with E-state index in [1.54, 1.807) is 7.11 Å². The van der Waals surface area contributed by atoms with Gasteiger partial charge in [-0.1, -0.05) is 0 Å². The Bertz CT molecular complexity index is 66.9. The summed E-state index contributed by atoms with van der Waals surface area (Å²) in [5.41, 5.74) is 5.40. The van der Waals surface area contributed by atoms with Crippen LogP contribution in [-0.2, 0) is 4.74 Å². The fraction of sp³-hybridized carbons (Fsp3) is 1.00. The first-order chi connectivity index (χ1) is 3.88. The second-order valence-electron chi connectivity index (χ2n) is 2.35. The van der Waals surface area contributed by atoms with E-state index in [9.17, 15) is 0 Å². The summed E-state index contributed by atoms with van der Waals surface area (Å²) in [7, 11) is 1.73. The first-order valence-corrected chi connectivity index (χ1v) is 3.11. The zero-order chi connectivity index (χ0) is 5.98. The molecule has 0 aromatic heterocycles. The number of rotatable bonds is 3.